The summed E-state index contributed by atoms with van der Waals surface area (Å²) in [6.45, 7) is 0. The quantitative estimate of drug-likeness (QED) is 0.563. The fraction of sp³-hybridized carbons (Fsp3) is 0.200. The Kier molecular flexibility index (Phi) is 1.06. The molecule has 2 rings (SSSR count). The third-order valence-electron chi connectivity index (χ3n) is 1.24. The molecule has 0 aromatic carbocycles. The lowest BCUT2D eigenvalue weighted by Gasteiger charge is -1.99. The van der Waals surface area contributed by atoms with Crippen molar-refractivity contribution in [3.05, 3.63) is 24.5 Å². The first-order chi connectivity index (χ1) is 4.97. The Morgan fingerprint density at radius 1 is 1.00 bits per heavy atom. The minimum Gasteiger partial charge on any atom is -0.311 e. The van der Waals surface area contributed by atoms with Crippen molar-refractivity contribution in [2.45, 2.75) is 6.29 Å². The molecular formula is C5H5N5. The Hall–Kier alpha value is -1.52. The molecule has 0 saturated heterocycles. The molecular weight excluding hydrogens is 130 g/mol. The molecule has 0 N–H and O–H groups in total. The lowest BCUT2D eigenvalue weighted by molar-refractivity contribution is 0.545. The van der Waals surface area contributed by atoms with Crippen molar-refractivity contribution < 1.29 is 0 Å². The summed E-state index contributed by atoms with van der Waals surface area (Å²) in [7, 11) is 0. The molecule has 0 atom stereocenters. The maximum absolute atomic E-state index is 3.73. The van der Waals surface area contributed by atoms with Crippen LogP contribution in [0.1, 0.15) is 6.29 Å². The molecule has 1 aromatic rings. The van der Waals surface area contributed by atoms with Gasteiger partial charge in [0.1, 0.15) is 0 Å². The number of hydrogen-bond donors (Lipinski definition) is 0. The summed E-state index contributed by atoms with van der Waals surface area (Å²) in [5.41, 5.74) is 0. The Balaban J connectivity index is 2.29. The molecule has 0 spiro atoms. The summed E-state index contributed by atoms with van der Waals surface area (Å²) in [5.74, 6) is 0. The van der Waals surface area contributed by atoms with Gasteiger partial charge in [0.25, 0.3) is 6.29 Å². The minimum atomic E-state index is -0.269. The summed E-state index contributed by atoms with van der Waals surface area (Å²) < 4.78 is 1.82. The van der Waals surface area contributed by atoms with Gasteiger partial charge >= 0.3 is 0 Å². The average molecular weight is 135 g/mol. The van der Waals surface area contributed by atoms with Crippen molar-refractivity contribution in [3.8, 4) is 0 Å². The highest BCUT2D eigenvalue weighted by atomic mass is 15.6. The van der Waals surface area contributed by atoms with Crippen LogP contribution in [0.3, 0.4) is 0 Å². The van der Waals surface area contributed by atoms with Crippen molar-refractivity contribution in [1.29, 1.82) is 0 Å². The van der Waals surface area contributed by atoms with Crippen molar-refractivity contribution in [3.63, 3.8) is 0 Å². The van der Waals surface area contributed by atoms with E-state index in [0.29, 0.717) is 0 Å². The molecule has 1 aromatic heterocycles. The molecule has 1 aliphatic heterocycles. The van der Waals surface area contributed by atoms with Crippen LogP contribution >= 0.6 is 0 Å². The molecule has 10 heavy (non-hydrogen) atoms. The number of nitrogens with zero attached hydrogens (tertiary/aromatic N) is 5. The van der Waals surface area contributed by atoms with Gasteiger partial charge in [-0.15, -0.1) is 10.2 Å². The molecule has 0 amide bonds. The van der Waals surface area contributed by atoms with Crippen molar-refractivity contribution >= 4 is 0 Å². The smallest absolute Gasteiger partial charge is 0.262 e. The molecule has 0 fully saturated rings. The number of aromatic nitrogens is 1. The van der Waals surface area contributed by atoms with E-state index in [4.69, 9.17) is 0 Å². The van der Waals surface area contributed by atoms with E-state index in [-0.39, 0.29) is 6.29 Å². The zero-order valence-electron chi connectivity index (χ0n) is 5.12. The van der Waals surface area contributed by atoms with Gasteiger partial charge in [0.2, 0.25) is 0 Å². The average Bonchev–Trinajstić information content (AvgIpc) is 2.59. The molecule has 0 bridgehead atoms. The Morgan fingerprint density at radius 2 is 1.60 bits per heavy atom. The van der Waals surface area contributed by atoms with Gasteiger partial charge in [-0.25, -0.2) is 0 Å². The van der Waals surface area contributed by atoms with Gasteiger partial charge in [-0.3, -0.25) is 0 Å². The van der Waals surface area contributed by atoms with Crippen molar-refractivity contribution in [1.82, 2.24) is 4.57 Å². The maximum atomic E-state index is 3.73. The van der Waals surface area contributed by atoms with Gasteiger partial charge < -0.3 is 4.57 Å². The van der Waals surface area contributed by atoms with Crippen LogP contribution in [-0.4, -0.2) is 4.57 Å². The monoisotopic (exact) mass is 135 g/mol. The Bertz CT molecular complexity index is 248. The highest BCUT2D eigenvalue weighted by Gasteiger charge is 2.08. The third kappa shape index (κ3) is 0.717. The van der Waals surface area contributed by atoms with Crippen molar-refractivity contribution in [2.24, 2.45) is 20.7 Å². The van der Waals surface area contributed by atoms with Gasteiger partial charge in [-0.1, -0.05) is 0 Å². The number of rotatable bonds is 1. The fourth-order valence-corrected chi connectivity index (χ4v) is 0.783. The lowest BCUT2D eigenvalue weighted by atomic mass is 10.7. The molecule has 5 nitrogen and oxygen atoms in total. The van der Waals surface area contributed by atoms with Gasteiger partial charge in [-0.05, 0) is 22.6 Å². The normalized spacial score (nSPS) is 16.8. The second-order valence-electron chi connectivity index (χ2n) is 1.89. The predicted molar refractivity (Wildman–Crippen MR) is 33.2 cm³/mol. The molecule has 0 saturated carbocycles. The summed E-state index contributed by atoms with van der Waals surface area (Å²) in [5, 5.41) is 14.2. The van der Waals surface area contributed by atoms with Crippen LogP contribution < -0.4 is 0 Å². The van der Waals surface area contributed by atoms with E-state index < -0.39 is 0 Å². The fourth-order valence-electron chi connectivity index (χ4n) is 0.783. The first-order valence-electron chi connectivity index (χ1n) is 2.89. The van der Waals surface area contributed by atoms with Gasteiger partial charge in [0.05, 0.1) is 0 Å². The van der Waals surface area contributed by atoms with Crippen LogP contribution in [0.5, 0.6) is 0 Å². The summed E-state index contributed by atoms with van der Waals surface area (Å²) in [4.78, 5) is 0. The number of hydrogen-bond acceptors (Lipinski definition) is 4. The van der Waals surface area contributed by atoms with Crippen LogP contribution in [0.2, 0.25) is 0 Å². The first-order valence-corrected chi connectivity index (χ1v) is 2.89. The first kappa shape index (κ1) is 5.28. The summed E-state index contributed by atoms with van der Waals surface area (Å²) in [6.07, 6.45) is 3.47. The zero-order valence-corrected chi connectivity index (χ0v) is 5.12. The third-order valence-corrected chi connectivity index (χ3v) is 1.24. The molecule has 0 aliphatic carbocycles. The van der Waals surface area contributed by atoms with E-state index in [0.717, 1.165) is 0 Å². The van der Waals surface area contributed by atoms with Crippen LogP contribution in [0, 0.1) is 0 Å². The SMILES string of the molecule is c1ccn(C2N=NN=N2)c1. The van der Waals surface area contributed by atoms with E-state index in [1.165, 1.54) is 0 Å². The highest BCUT2D eigenvalue weighted by Crippen LogP contribution is 2.16. The molecule has 50 valence electrons. The minimum absolute atomic E-state index is 0.269. The summed E-state index contributed by atoms with van der Waals surface area (Å²) in [6, 6.07) is 3.81. The van der Waals surface area contributed by atoms with E-state index in [9.17, 15) is 0 Å². The van der Waals surface area contributed by atoms with E-state index in [1.54, 1.807) is 0 Å². The zero-order chi connectivity index (χ0) is 6.81. The Labute approximate surface area is 57.1 Å². The van der Waals surface area contributed by atoms with Gasteiger partial charge in [0.15, 0.2) is 0 Å². The highest BCUT2D eigenvalue weighted by molar-refractivity contribution is 4.92. The Morgan fingerprint density at radius 3 is 2.20 bits per heavy atom. The van der Waals surface area contributed by atoms with Crippen LogP contribution in [-0.2, 0) is 0 Å². The van der Waals surface area contributed by atoms with Crippen LogP contribution in [0.4, 0.5) is 0 Å². The second-order valence-corrected chi connectivity index (χ2v) is 1.89. The predicted octanol–water partition coefficient (Wildman–Crippen LogP) is 1.78. The second kappa shape index (κ2) is 2.02. The van der Waals surface area contributed by atoms with Gasteiger partial charge in [-0.2, -0.15) is 0 Å². The lowest BCUT2D eigenvalue weighted by Crippen LogP contribution is -1.96. The summed E-state index contributed by atoms with van der Waals surface area (Å²) >= 11 is 0. The molecule has 2 heterocycles. The standard InChI is InChI=1S/C5H5N5/c1-2-4-10(3-1)5-6-8-9-7-5/h1-5H. The maximum Gasteiger partial charge on any atom is 0.262 e. The van der Waals surface area contributed by atoms with Crippen LogP contribution in [0.25, 0.3) is 0 Å². The largest absolute Gasteiger partial charge is 0.311 e. The molecule has 0 unspecified atom stereocenters. The topological polar surface area (TPSA) is 54.4 Å². The van der Waals surface area contributed by atoms with E-state index in [2.05, 4.69) is 20.7 Å². The van der Waals surface area contributed by atoms with Gasteiger partial charge in [0, 0.05) is 12.4 Å². The molecule has 5 heteroatoms. The van der Waals surface area contributed by atoms with Crippen molar-refractivity contribution in [2.75, 3.05) is 0 Å². The molecule has 1 aliphatic rings. The molecule has 0 radical (unpaired) electrons. The van der Waals surface area contributed by atoms with E-state index >= 15 is 0 Å². The van der Waals surface area contributed by atoms with Crippen LogP contribution in [0.15, 0.2) is 45.2 Å². The van der Waals surface area contributed by atoms with E-state index in [1.807, 2.05) is 29.1 Å².